The molecule has 0 saturated heterocycles. The Morgan fingerprint density at radius 2 is 1.49 bits per heavy atom. The van der Waals surface area contributed by atoms with Crippen LogP contribution in [-0.4, -0.2) is 30.2 Å². The molecule has 1 atom stereocenters. The lowest BCUT2D eigenvalue weighted by atomic mass is 9.92. The second kappa shape index (κ2) is 15.5. The predicted molar refractivity (Wildman–Crippen MR) is 152 cm³/mol. The summed E-state index contributed by atoms with van der Waals surface area (Å²) >= 11 is 0. The molecule has 0 spiro atoms. The number of carbonyl (C=O) groups excluding carboxylic acids is 1. The molecule has 0 bridgehead atoms. The normalized spacial score (nSPS) is 11.3. The summed E-state index contributed by atoms with van der Waals surface area (Å²) in [6.45, 7) is 14.4. The van der Waals surface area contributed by atoms with Crippen LogP contribution in [0.1, 0.15) is 64.5 Å². The molecule has 35 heavy (non-hydrogen) atoms. The lowest BCUT2D eigenvalue weighted by molar-refractivity contribution is -0.137. The molecule has 2 rings (SSSR count). The van der Waals surface area contributed by atoms with E-state index in [2.05, 4.69) is 43.2 Å². The number of benzene rings is 2. The zero-order chi connectivity index (χ0) is 24.5. The molecule has 6 nitrogen and oxygen atoms in total. The van der Waals surface area contributed by atoms with Crippen LogP contribution >= 0.6 is 24.8 Å². The van der Waals surface area contributed by atoms with Crippen LogP contribution in [-0.2, 0) is 4.79 Å². The van der Waals surface area contributed by atoms with Crippen molar-refractivity contribution < 1.29 is 14.7 Å². The fourth-order valence-corrected chi connectivity index (χ4v) is 3.97. The van der Waals surface area contributed by atoms with Crippen LogP contribution in [0.25, 0.3) is 0 Å². The number of hydrogen-bond acceptors (Lipinski definition) is 3. The third-order valence-corrected chi connectivity index (χ3v) is 5.48. The standard InChI is InChI=1S/C27H39N3O3.2ClH/c1-7-21(15-26(31)32)22-10-13-25(30(16-18(2)3)17-19(4)5)24(14-22)29-27(33)28-23-11-8-20(6)9-12-23;;/h8-14,18-19,21H,7,15-17H2,1-6H3,(H,31,32)(H2,28,29,33);2*1H. The van der Waals surface area contributed by atoms with E-state index in [1.165, 1.54) is 0 Å². The molecule has 1 unspecified atom stereocenters. The van der Waals surface area contributed by atoms with Crippen molar-refractivity contribution in [1.29, 1.82) is 0 Å². The largest absolute Gasteiger partial charge is 0.481 e. The van der Waals surface area contributed by atoms with Crippen LogP contribution in [0.2, 0.25) is 0 Å². The minimum Gasteiger partial charge on any atom is -0.481 e. The molecule has 2 aromatic rings. The molecule has 196 valence electrons. The van der Waals surface area contributed by atoms with Gasteiger partial charge >= 0.3 is 12.0 Å². The quantitative estimate of drug-likeness (QED) is 0.282. The average molecular weight is 527 g/mol. The monoisotopic (exact) mass is 525 g/mol. The summed E-state index contributed by atoms with van der Waals surface area (Å²) in [4.78, 5) is 26.5. The van der Waals surface area contributed by atoms with Crippen molar-refractivity contribution in [3.63, 3.8) is 0 Å². The van der Waals surface area contributed by atoms with Gasteiger partial charge in [-0.2, -0.15) is 0 Å². The zero-order valence-electron chi connectivity index (χ0n) is 21.6. The minimum atomic E-state index is -0.821. The molecule has 2 aromatic carbocycles. The summed E-state index contributed by atoms with van der Waals surface area (Å²) in [6, 6.07) is 13.3. The molecule has 0 heterocycles. The SMILES string of the molecule is CCC(CC(=O)O)c1ccc(N(CC(C)C)CC(C)C)c(NC(=O)Nc2ccc(C)cc2)c1.Cl.Cl. The van der Waals surface area contributed by atoms with Crippen LogP contribution in [0, 0.1) is 18.8 Å². The Morgan fingerprint density at radius 1 is 0.914 bits per heavy atom. The van der Waals surface area contributed by atoms with E-state index in [1.807, 2.05) is 56.3 Å². The highest BCUT2D eigenvalue weighted by molar-refractivity contribution is 6.02. The van der Waals surface area contributed by atoms with Gasteiger partial charge in [0, 0.05) is 18.8 Å². The number of carbonyl (C=O) groups is 2. The highest BCUT2D eigenvalue weighted by Gasteiger charge is 2.20. The van der Waals surface area contributed by atoms with Crippen molar-refractivity contribution in [2.45, 2.75) is 60.3 Å². The molecule has 0 aliphatic carbocycles. The van der Waals surface area contributed by atoms with Crippen LogP contribution in [0.5, 0.6) is 0 Å². The Hall–Kier alpha value is -2.44. The molecule has 8 heteroatoms. The van der Waals surface area contributed by atoms with E-state index in [1.54, 1.807) is 0 Å². The van der Waals surface area contributed by atoms with Crippen molar-refractivity contribution >= 4 is 53.9 Å². The number of urea groups is 1. The summed E-state index contributed by atoms with van der Waals surface area (Å²) in [7, 11) is 0. The topological polar surface area (TPSA) is 81.7 Å². The molecular formula is C27H41Cl2N3O3. The van der Waals surface area contributed by atoms with Crippen LogP contribution in [0.15, 0.2) is 42.5 Å². The summed E-state index contributed by atoms with van der Waals surface area (Å²) in [5.41, 5.74) is 4.41. The molecular weight excluding hydrogens is 485 g/mol. The lowest BCUT2D eigenvalue weighted by Gasteiger charge is -2.31. The Bertz CT molecular complexity index is 924. The van der Waals surface area contributed by atoms with Gasteiger partial charge in [-0.15, -0.1) is 24.8 Å². The molecule has 2 amide bonds. The summed E-state index contributed by atoms with van der Waals surface area (Å²) < 4.78 is 0. The van der Waals surface area contributed by atoms with Gasteiger partial charge in [-0.05, 0) is 60.9 Å². The number of hydrogen-bond donors (Lipinski definition) is 3. The van der Waals surface area contributed by atoms with Crippen molar-refractivity contribution in [3.8, 4) is 0 Å². The number of halogens is 2. The Balaban J connectivity index is 0.00000578. The van der Waals surface area contributed by atoms with E-state index < -0.39 is 5.97 Å². The molecule has 3 N–H and O–H groups in total. The highest BCUT2D eigenvalue weighted by Crippen LogP contribution is 2.33. The first-order valence-electron chi connectivity index (χ1n) is 11.8. The minimum absolute atomic E-state index is 0. The van der Waals surface area contributed by atoms with Crippen molar-refractivity contribution in [2.75, 3.05) is 28.6 Å². The molecule has 0 saturated carbocycles. The average Bonchev–Trinajstić information content (AvgIpc) is 2.72. The number of carboxylic acids is 1. The Labute approximate surface area is 222 Å². The van der Waals surface area contributed by atoms with Gasteiger partial charge in [0.25, 0.3) is 0 Å². The summed E-state index contributed by atoms with van der Waals surface area (Å²) in [5, 5.41) is 15.3. The molecule has 0 aliphatic rings. The van der Waals surface area contributed by atoms with Gasteiger partial charge in [0.05, 0.1) is 17.8 Å². The predicted octanol–water partition coefficient (Wildman–Crippen LogP) is 7.57. The number of carboxylic acid groups (broad SMARTS) is 1. The van der Waals surface area contributed by atoms with E-state index in [-0.39, 0.29) is 43.2 Å². The number of aryl methyl sites for hydroxylation is 1. The van der Waals surface area contributed by atoms with Gasteiger partial charge in [-0.1, -0.05) is 58.4 Å². The van der Waals surface area contributed by atoms with E-state index in [0.717, 1.165) is 29.9 Å². The molecule has 0 aliphatic heterocycles. The maximum Gasteiger partial charge on any atom is 0.323 e. The van der Waals surface area contributed by atoms with Gasteiger partial charge in [0.15, 0.2) is 0 Å². The molecule has 0 fully saturated rings. The first kappa shape index (κ1) is 32.6. The lowest BCUT2D eigenvalue weighted by Crippen LogP contribution is -2.32. The van der Waals surface area contributed by atoms with Gasteiger partial charge in [0.2, 0.25) is 0 Å². The number of aliphatic carboxylic acids is 1. The molecule has 0 radical (unpaired) electrons. The fraction of sp³-hybridized carbons (Fsp3) is 0.481. The van der Waals surface area contributed by atoms with Crippen LogP contribution in [0.3, 0.4) is 0 Å². The highest BCUT2D eigenvalue weighted by atomic mass is 35.5. The number of rotatable bonds is 11. The summed E-state index contributed by atoms with van der Waals surface area (Å²) in [5.74, 6) is -0.0270. The second-order valence-corrected chi connectivity index (χ2v) is 9.62. The number of anilines is 3. The van der Waals surface area contributed by atoms with Crippen molar-refractivity contribution in [2.24, 2.45) is 11.8 Å². The number of nitrogens with zero attached hydrogens (tertiary/aromatic N) is 1. The first-order chi connectivity index (χ1) is 15.6. The van der Waals surface area contributed by atoms with Gasteiger partial charge in [0.1, 0.15) is 0 Å². The van der Waals surface area contributed by atoms with Gasteiger partial charge in [-0.25, -0.2) is 4.79 Å². The zero-order valence-corrected chi connectivity index (χ0v) is 23.3. The number of nitrogens with one attached hydrogen (secondary N) is 2. The van der Waals surface area contributed by atoms with Gasteiger partial charge < -0.3 is 20.6 Å². The van der Waals surface area contributed by atoms with E-state index >= 15 is 0 Å². The fourth-order valence-electron chi connectivity index (χ4n) is 3.97. The Kier molecular flexibility index (Phi) is 14.5. The van der Waals surface area contributed by atoms with E-state index in [0.29, 0.717) is 29.6 Å². The van der Waals surface area contributed by atoms with Crippen LogP contribution in [0.4, 0.5) is 21.9 Å². The van der Waals surface area contributed by atoms with Crippen molar-refractivity contribution in [3.05, 3.63) is 53.6 Å². The Morgan fingerprint density at radius 3 is 1.97 bits per heavy atom. The van der Waals surface area contributed by atoms with Gasteiger partial charge in [-0.3, -0.25) is 4.79 Å². The third kappa shape index (κ3) is 10.8. The van der Waals surface area contributed by atoms with E-state index in [4.69, 9.17) is 0 Å². The summed E-state index contributed by atoms with van der Waals surface area (Å²) in [6.07, 6.45) is 0.773. The first-order valence-corrected chi connectivity index (χ1v) is 11.8. The maximum absolute atomic E-state index is 12.9. The smallest absolute Gasteiger partial charge is 0.323 e. The maximum atomic E-state index is 12.9. The van der Waals surface area contributed by atoms with E-state index in [9.17, 15) is 14.7 Å². The number of amides is 2. The second-order valence-electron chi connectivity index (χ2n) is 9.62. The molecule has 0 aromatic heterocycles. The third-order valence-electron chi connectivity index (χ3n) is 5.48. The van der Waals surface area contributed by atoms with Crippen LogP contribution < -0.4 is 15.5 Å². The van der Waals surface area contributed by atoms with Crippen molar-refractivity contribution in [1.82, 2.24) is 0 Å².